The summed E-state index contributed by atoms with van der Waals surface area (Å²) in [4.78, 5) is 0. The predicted octanol–water partition coefficient (Wildman–Crippen LogP) is 10.8. The Morgan fingerprint density at radius 1 is 0.545 bits per heavy atom. The molecular formula is C36H40F6O2. The van der Waals surface area contributed by atoms with Gasteiger partial charge < -0.3 is 9.47 Å². The molecule has 44 heavy (non-hydrogen) atoms. The third-order valence-corrected chi connectivity index (χ3v) is 9.58. The minimum atomic E-state index is -1.03. The average Bonchev–Trinajstić information content (AvgIpc) is 3.03. The van der Waals surface area contributed by atoms with Crippen LogP contribution in [0.5, 0.6) is 11.5 Å². The molecule has 0 saturated heterocycles. The maximum absolute atomic E-state index is 15.2. The molecule has 8 heteroatoms. The number of ether oxygens (including phenoxy) is 2. The first-order valence-electron chi connectivity index (χ1n) is 15.8. The Morgan fingerprint density at radius 3 is 1.48 bits per heavy atom. The van der Waals surface area contributed by atoms with Crippen molar-refractivity contribution < 1.29 is 35.8 Å². The van der Waals surface area contributed by atoms with Crippen LogP contribution in [0, 0.1) is 47.7 Å². The van der Waals surface area contributed by atoms with E-state index in [-0.39, 0.29) is 52.9 Å². The highest BCUT2D eigenvalue weighted by molar-refractivity contribution is 5.36. The van der Waals surface area contributed by atoms with Gasteiger partial charge in [-0.05, 0) is 123 Å². The van der Waals surface area contributed by atoms with E-state index in [0.717, 1.165) is 12.8 Å². The number of hydrogen-bond donors (Lipinski definition) is 0. The third-order valence-electron chi connectivity index (χ3n) is 9.58. The second kappa shape index (κ2) is 14.3. The summed E-state index contributed by atoms with van der Waals surface area (Å²) in [7, 11) is 0. The molecule has 2 saturated carbocycles. The van der Waals surface area contributed by atoms with Crippen LogP contribution in [0.2, 0.25) is 0 Å². The van der Waals surface area contributed by atoms with Crippen LogP contribution >= 0.6 is 0 Å². The maximum atomic E-state index is 15.2. The van der Waals surface area contributed by atoms with Gasteiger partial charge in [-0.3, -0.25) is 0 Å². The normalized spacial score (nSPS) is 22.2. The van der Waals surface area contributed by atoms with Gasteiger partial charge in [-0.15, -0.1) is 0 Å². The molecule has 3 aromatic carbocycles. The molecule has 0 N–H and O–H groups in total. The van der Waals surface area contributed by atoms with E-state index in [9.17, 15) is 17.6 Å². The van der Waals surface area contributed by atoms with E-state index in [0.29, 0.717) is 69.1 Å². The van der Waals surface area contributed by atoms with E-state index >= 15 is 8.78 Å². The molecule has 2 aliphatic carbocycles. The van der Waals surface area contributed by atoms with Gasteiger partial charge >= 0.3 is 0 Å². The summed E-state index contributed by atoms with van der Waals surface area (Å²) in [5.74, 6) is -6.07. The summed E-state index contributed by atoms with van der Waals surface area (Å²) in [6.45, 7) is 4.06. The van der Waals surface area contributed by atoms with E-state index in [2.05, 4.69) is 0 Å². The molecular weight excluding hydrogens is 578 g/mol. The fourth-order valence-corrected chi connectivity index (χ4v) is 6.81. The molecule has 2 fully saturated rings. The molecule has 3 aromatic rings. The number of aryl methyl sites for hydroxylation is 1. The van der Waals surface area contributed by atoms with Crippen LogP contribution in [0.3, 0.4) is 0 Å². The van der Waals surface area contributed by atoms with Crippen LogP contribution in [-0.4, -0.2) is 13.2 Å². The van der Waals surface area contributed by atoms with Gasteiger partial charge in [0.25, 0.3) is 0 Å². The van der Waals surface area contributed by atoms with Gasteiger partial charge in [0.15, 0.2) is 34.8 Å². The fourth-order valence-electron chi connectivity index (χ4n) is 6.81. The summed E-state index contributed by atoms with van der Waals surface area (Å²) in [5, 5.41) is 0. The van der Waals surface area contributed by atoms with Crippen molar-refractivity contribution in [2.45, 2.75) is 95.8 Å². The summed E-state index contributed by atoms with van der Waals surface area (Å²) in [5.41, 5.74) is 1.24. The summed E-state index contributed by atoms with van der Waals surface area (Å²) >= 11 is 0. The maximum Gasteiger partial charge on any atom is 0.200 e. The monoisotopic (exact) mass is 618 g/mol. The van der Waals surface area contributed by atoms with Crippen molar-refractivity contribution in [3.05, 3.63) is 93.6 Å². The van der Waals surface area contributed by atoms with Crippen LogP contribution in [0.4, 0.5) is 26.3 Å². The highest BCUT2D eigenvalue weighted by Crippen LogP contribution is 2.44. The molecule has 2 nitrogen and oxygen atoms in total. The zero-order valence-electron chi connectivity index (χ0n) is 25.3. The number of hydrogen-bond acceptors (Lipinski definition) is 2. The largest absolute Gasteiger partial charge is 0.490 e. The Balaban J connectivity index is 1.14. The molecule has 0 aliphatic heterocycles. The lowest BCUT2D eigenvalue weighted by atomic mass is 9.76. The first-order chi connectivity index (χ1) is 21.2. The molecule has 0 radical (unpaired) electrons. The van der Waals surface area contributed by atoms with E-state index < -0.39 is 34.9 Å². The average molecular weight is 619 g/mol. The van der Waals surface area contributed by atoms with Crippen LogP contribution < -0.4 is 9.47 Å². The van der Waals surface area contributed by atoms with Crippen LogP contribution in [0.25, 0.3) is 0 Å². The van der Waals surface area contributed by atoms with E-state index in [1.54, 1.807) is 24.3 Å². The van der Waals surface area contributed by atoms with Crippen molar-refractivity contribution in [1.29, 1.82) is 0 Å². The number of unbranched alkanes of at least 4 members (excludes halogenated alkanes) is 1. The highest BCUT2D eigenvalue weighted by atomic mass is 19.2. The van der Waals surface area contributed by atoms with Gasteiger partial charge in [0.05, 0.1) is 13.2 Å². The second-order valence-electron chi connectivity index (χ2n) is 12.4. The lowest BCUT2D eigenvalue weighted by Crippen LogP contribution is -2.20. The topological polar surface area (TPSA) is 18.5 Å². The van der Waals surface area contributed by atoms with Crippen LogP contribution in [-0.2, 0) is 0 Å². The van der Waals surface area contributed by atoms with Crippen molar-refractivity contribution >= 4 is 0 Å². The molecule has 0 atom stereocenters. The minimum Gasteiger partial charge on any atom is -0.490 e. The van der Waals surface area contributed by atoms with E-state index in [4.69, 9.17) is 9.47 Å². The number of rotatable bonds is 10. The first kappa shape index (κ1) is 32.2. The van der Waals surface area contributed by atoms with Crippen LogP contribution in [0.1, 0.15) is 111 Å². The summed E-state index contributed by atoms with van der Waals surface area (Å²) < 4.78 is 99.3. The molecule has 2 aliphatic rings. The lowest BCUT2D eigenvalue weighted by molar-refractivity contribution is 0.191. The van der Waals surface area contributed by atoms with Crippen molar-refractivity contribution in [1.82, 2.24) is 0 Å². The fraction of sp³-hybridized carbons (Fsp3) is 0.500. The van der Waals surface area contributed by atoms with Gasteiger partial charge in [0.2, 0.25) is 11.6 Å². The second-order valence-corrected chi connectivity index (χ2v) is 12.4. The highest BCUT2D eigenvalue weighted by Gasteiger charge is 2.31. The van der Waals surface area contributed by atoms with Crippen LogP contribution in [0.15, 0.2) is 36.4 Å². The Morgan fingerprint density at radius 2 is 0.977 bits per heavy atom. The molecule has 0 spiro atoms. The van der Waals surface area contributed by atoms with Gasteiger partial charge in [-0.1, -0.05) is 37.6 Å². The van der Waals surface area contributed by atoms with Gasteiger partial charge in [0, 0.05) is 0 Å². The number of halogens is 6. The molecule has 238 valence electrons. The SMILES string of the molecule is CCCCOc1ccc(C2CCC(c3ccc(OCC4CCC(c5ccc(C)c(F)c5F)CC4)c(F)c3F)CC2)c(F)c1F. The summed E-state index contributed by atoms with van der Waals surface area (Å²) in [6, 6.07) is 9.32. The van der Waals surface area contributed by atoms with Gasteiger partial charge in [0.1, 0.15) is 0 Å². The van der Waals surface area contributed by atoms with Crippen molar-refractivity contribution in [2.24, 2.45) is 5.92 Å². The molecule has 0 bridgehead atoms. The van der Waals surface area contributed by atoms with Gasteiger partial charge in [-0.2, -0.15) is 8.78 Å². The molecule has 0 unspecified atom stereocenters. The van der Waals surface area contributed by atoms with Crippen molar-refractivity contribution in [2.75, 3.05) is 13.2 Å². The van der Waals surface area contributed by atoms with E-state index in [1.807, 2.05) is 6.92 Å². The van der Waals surface area contributed by atoms with Crippen molar-refractivity contribution in [3.8, 4) is 11.5 Å². The Labute approximate surface area is 255 Å². The Bertz CT molecular complexity index is 1440. The Kier molecular flexibility index (Phi) is 10.5. The number of benzene rings is 3. The standard InChI is InChI=1S/C36H40F6O2/c1-3-4-19-43-29-17-15-27(33(39)35(29)41)24-10-12-25(13-11-24)28-16-18-30(36(42)34(28)40)44-20-22-6-8-23(9-7-22)26-14-5-21(2)31(37)32(26)38/h5,14-18,22-25H,3-4,6-13,19-20H2,1-2H3. The molecule has 5 rings (SSSR count). The quantitative estimate of drug-likeness (QED) is 0.166. The summed E-state index contributed by atoms with van der Waals surface area (Å²) in [6.07, 6.45) is 6.48. The third kappa shape index (κ3) is 6.89. The zero-order valence-corrected chi connectivity index (χ0v) is 25.3. The van der Waals surface area contributed by atoms with E-state index in [1.165, 1.54) is 19.1 Å². The molecule has 0 amide bonds. The van der Waals surface area contributed by atoms with Crippen molar-refractivity contribution in [3.63, 3.8) is 0 Å². The smallest absolute Gasteiger partial charge is 0.200 e. The predicted molar refractivity (Wildman–Crippen MR) is 158 cm³/mol. The zero-order chi connectivity index (χ0) is 31.4. The first-order valence-corrected chi connectivity index (χ1v) is 15.8. The van der Waals surface area contributed by atoms with Gasteiger partial charge in [-0.25, -0.2) is 17.6 Å². The molecule has 0 heterocycles. The Hall–Kier alpha value is -3.16. The molecule has 0 aromatic heterocycles. The lowest BCUT2D eigenvalue weighted by Gasteiger charge is -2.30. The minimum absolute atomic E-state index is 0.0793.